The van der Waals surface area contributed by atoms with Gasteiger partial charge in [-0.1, -0.05) is 23.7 Å². The maximum Gasteiger partial charge on any atom is 0.164 e. The number of ketones is 1. The zero-order valence-corrected chi connectivity index (χ0v) is 11.7. The molecule has 0 saturated carbocycles. The molecule has 18 heavy (non-hydrogen) atoms. The smallest absolute Gasteiger partial charge is 0.164 e. The van der Waals surface area contributed by atoms with E-state index in [0.717, 1.165) is 26.1 Å². The summed E-state index contributed by atoms with van der Waals surface area (Å²) in [4.78, 5) is 14.1. The van der Waals surface area contributed by atoms with Crippen molar-refractivity contribution < 1.29 is 9.53 Å². The largest absolute Gasteiger partial charge is 0.385 e. The van der Waals surface area contributed by atoms with E-state index in [4.69, 9.17) is 16.3 Å². The molecule has 1 aromatic carbocycles. The Morgan fingerprint density at radius 2 is 2.17 bits per heavy atom. The number of carbonyl (C=O) groups excluding carboxylic acids is 1. The molecular formula is C14H20ClNO2. The summed E-state index contributed by atoms with van der Waals surface area (Å²) in [5, 5.41) is 0.606. The minimum Gasteiger partial charge on any atom is -0.385 e. The standard InChI is InChI=1S/C14H20ClNO2/c1-16(8-4-10-18-2)9-7-14(17)12-5-3-6-13(15)11-12/h3,5-6,11H,4,7-10H2,1-2H3. The molecular weight excluding hydrogens is 250 g/mol. The predicted molar refractivity (Wildman–Crippen MR) is 74.4 cm³/mol. The van der Waals surface area contributed by atoms with Gasteiger partial charge in [-0.2, -0.15) is 0 Å². The van der Waals surface area contributed by atoms with Gasteiger partial charge < -0.3 is 9.64 Å². The third-order valence-electron chi connectivity index (χ3n) is 2.76. The summed E-state index contributed by atoms with van der Waals surface area (Å²) in [5.41, 5.74) is 0.688. The number of carbonyl (C=O) groups is 1. The molecule has 0 bridgehead atoms. The van der Waals surface area contributed by atoms with Crippen LogP contribution in [0, 0.1) is 0 Å². The van der Waals surface area contributed by atoms with Crippen LogP contribution >= 0.6 is 11.6 Å². The molecule has 0 saturated heterocycles. The highest BCUT2D eigenvalue weighted by Crippen LogP contribution is 2.12. The zero-order valence-electron chi connectivity index (χ0n) is 11.0. The van der Waals surface area contributed by atoms with Gasteiger partial charge in [0.25, 0.3) is 0 Å². The number of hydrogen-bond acceptors (Lipinski definition) is 3. The lowest BCUT2D eigenvalue weighted by Gasteiger charge is -2.15. The zero-order chi connectivity index (χ0) is 13.4. The average molecular weight is 270 g/mol. The average Bonchev–Trinajstić information content (AvgIpc) is 2.36. The number of hydrogen-bond donors (Lipinski definition) is 0. The summed E-state index contributed by atoms with van der Waals surface area (Å²) in [5.74, 6) is 0.135. The van der Waals surface area contributed by atoms with Crippen LogP contribution in [0.3, 0.4) is 0 Å². The molecule has 0 heterocycles. The molecule has 0 N–H and O–H groups in total. The maximum absolute atomic E-state index is 11.9. The van der Waals surface area contributed by atoms with Gasteiger partial charge in [-0.3, -0.25) is 4.79 Å². The minimum atomic E-state index is 0.135. The predicted octanol–water partition coefficient (Wildman–Crippen LogP) is 2.88. The fraction of sp³-hybridized carbons (Fsp3) is 0.500. The number of methoxy groups -OCH3 is 1. The molecule has 0 radical (unpaired) electrons. The van der Waals surface area contributed by atoms with Gasteiger partial charge in [0.1, 0.15) is 0 Å². The Balaban J connectivity index is 2.32. The molecule has 1 aromatic rings. The highest BCUT2D eigenvalue weighted by Gasteiger charge is 2.07. The van der Waals surface area contributed by atoms with Crippen molar-refractivity contribution in [2.45, 2.75) is 12.8 Å². The van der Waals surface area contributed by atoms with Crippen LogP contribution in [0.2, 0.25) is 5.02 Å². The quantitative estimate of drug-likeness (QED) is 0.537. The summed E-state index contributed by atoms with van der Waals surface area (Å²) in [6, 6.07) is 7.10. The second-order valence-electron chi connectivity index (χ2n) is 4.33. The van der Waals surface area contributed by atoms with Gasteiger partial charge in [-0.25, -0.2) is 0 Å². The van der Waals surface area contributed by atoms with Crippen LogP contribution in [-0.4, -0.2) is 44.5 Å². The second-order valence-corrected chi connectivity index (χ2v) is 4.77. The van der Waals surface area contributed by atoms with E-state index in [0.29, 0.717) is 17.0 Å². The Kier molecular flexibility index (Phi) is 6.94. The van der Waals surface area contributed by atoms with Crippen LogP contribution in [0.1, 0.15) is 23.2 Å². The van der Waals surface area contributed by atoms with Gasteiger partial charge in [-0.15, -0.1) is 0 Å². The van der Waals surface area contributed by atoms with Crippen molar-refractivity contribution >= 4 is 17.4 Å². The molecule has 0 aliphatic rings. The van der Waals surface area contributed by atoms with Crippen molar-refractivity contribution in [1.29, 1.82) is 0 Å². The van der Waals surface area contributed by atoms with E-state index in [-0.39, 0.29) is 5.78 Å². The van der Waals surface area contributed by atoms with Crippen LogP contribution in [-0.2, 0) is 4.74 Å². The third kappa shape index (κ3) is 5.63. The highest BCUT2D eigenvalue weighted by molar-refractivity contribution is 6.31. The number of nitrogens with zero attached hydrogens (tertiary/aromatic N) is 1. The van der Waals surface area contributed by atoms with E-state index in [1.807, 2.05) is 7.05 Å². The third-order valence-corrected chi connectivity index (χ3v) is 2.99. The topological polar surface area (TPSA) is 29.5 Å². The first-order valence-corrected chi connectivity index (χ1v) is 6.47. The van der Waals surface area contributed by atoms with Gasteiger partial charge in [0.2, 0.25) is 0 Å². The van der Waals surface area contributed by atoms with Crippen molar-refractivity contribution in [3.8, 4) is 0 Å². The van der Waals surface area contributed by atoms with Crippen LogP contribution in [0.25, 0.3) is 0 Å². The summed E-state index contributed by atoms with van der Waals surface area (Å²) >= 11 is 5.86. The van der Waals surface area contributed by atoms with Gasteiger partial charge in [0.05, 0.1) is 0 Å². The monoisotopic (exact) mass is 269 g/mol. The van der Waals surface area contributed by atoms with E-state index in [1.165, 1.54) is 0 Å². The van der Waals surface area contributed by atoms with Crippen LogP contribution in [0.5, 0.6) is 0 Å². The molecule has 0 aliphatic heterocycles. The van der Waals surface area contributed by atoms with E-state index >= 15 is 0 Å². The van der Waals surface area contributed by atoms with Crippen LogP contribution in [0.15, 0.2) is 24.3 Å². The number of halogens is 1. The molecule has 3 nitrogen and oxygen atoms in total. The van der Waals surface area contributed by atoms with Crippen molar-refractivity contribution in [3.05, 3.63) is 34.9 Å². The number of ether oxygens (including phenoxy) is 1. The summed E-state index contributed by atoms with van der Waals surface area (Å²) in [6.07, 6.45) is 1.50. The fourth-order valence-corrected chi connectivity index (χ4v) is 1.88. The van der Waals surface area contributed by atoms with Crippen LogP contribution < -0.4 is 0 Å². The number of Topliss-reactive ketones (excluding diaryl/α,β-unsaturated/α-hetero) is 1. The maximum atomic E-state index is 11.9. The number of benzene rings is 1. The summed E-state index contributed by atoms with van der Waals surface area (Å²) in [6.45, 7) is 2.46. The van der Waals surface area contributed by atoms with Crippen molar-refractivity contribution in [1.82, 2.24) is 4.90 Å². The summed E-state index contributed by atoms with van der Waals surface area (Å²) in [7, 11) is 3.71. The molecule has 4 heteroatoms. The first-order chi connectivity index (χ1) is 8.63. The molecule has 0 aliphatic carbocycles. The normalized spacial score (nSPS) is 10.9. The van der Waals surface area contributed by atoms with Gasteiger partial charge in [-0.05, 0) is 25.6 Å². The van der Waals surface area contributed by atoms with Gasteiger partial charge in [0, 0.05) is 43.8 Å². The van der Waals surface area contributed by atoms with Crippen molar-refractivity contribution in [2.24, 2.45) is 0 Å². The molecule has 0 aromatic heterocycles. The van der Waals surface area contributed by atoms with Gasteiger partial charge >= 0.3 is 0 Å². The molecule has 0 spiro atoms. The summed E-state index contributed by atoms with van der Waals surface area (Å²) < 4.78 is 4.99. The van der Waals surface area contributed by atoms with Crippen molar-refractivity contribution in [3.63, 3.8) is 0 Å². The SMILES string of the molecule is COCCCN(C)CCC(=O)c1cccc(Cl)c1. The minimum absolute atomic E-state index is 0.135. The van der Waals surface area contributed by atoms with Crippen LogP contribution in [0.4, 0.5) is 0 Å². The lowest BCUT2D eigenvalue weighted by atomic mass is 10.1. The Morgan fingerprint density at radius 3 is 2.83 bits per heavy atom. The van der Waals surface area contributed by atoms with E-state index < -0.39 is 0 Å². The first-order valence-electron chi connectivity index (χ1n) is 6.09. The lowest BCUT2D eigenvalue weighted by molar-refractivity contribution is 0.0967. The molecule has 0 amide bonds. The Hall–Kier alpha value is -0.900. The Morgan fingerprint density at radius 1 is 1.39 bits per heavy atom. The molecule has 100 valence electrons. The number of rotatable bonds is 8. The second kappa shape index (κ2) is 8.25. The van der Waals surface area contributed by atoms with E-state index in [1.54, 1.807) is 31.4 Å². The highest BCUT2D eigenvalue weighted by atomic mass is 35.5. The molecule has 0 fully saturated rings. The Bertz CT molecular complexity index is 382. The van der Waals surface area contributed by atoms with Crippen molar-refractivity contribution in [2.75, 3.05) is 33.9 Å². The molecule has 0 unspecified atom stereocenters. The van der Waals surface area contributed by atoms with E-state index in [2.05, 4.69) is 4.90 Å². The lowest BCUT2D eigenvalue weighted by Crippen LogP contribution is -2.23. The fourth-order valence-electron chi connectivity index (χ4n) is 1.69. The van der Waals surface area contributed by atoms with Gasteiger partial charge in [0.15, 0.2) is 5.78 Å². The molecule has 0 atom stereocenters. The Labute approximate surface area is 114 Å². The first kappa shape index (κ1) is 15.2. The molecule has 1 rings (SSSR count). The van der Waals surface area contributed by atoms with E-state index in [9.17, 15) is 4.79 Å².